The Kier molecular flexibility index (Phi) is 4.48. The Balaban J connectivity index is 1.78. The lowest BCUT2D eigenvalue weighted by atomic mass is 10.2. The van der Waals surface area contributed by atoms with Crippen LogP contribution in [0.5, 0.6) is 0 Å². The molecule has 0 unspecified atom stereocenters. The third kappa shape index (κ3) is 3.79. The summed E-state index contributed by atoms with van der Waals surface area (Å²) in [5.74, 6) is 0. The molecule has 3 aromatic rings. The molecule has 0 N–H and O–H groups in total. The predicted octanol–water partition coefficient (Wildman–Crippen LogP) is 5.98. The molecule has 0 aliphatic carbocycles. The molecule has 0 radical (unpaired) electrons. The van der Waals surface area contributed by atoms with Gasteiger partial charge in [-0.05, 0) is 35.4 Å². The van der Waals surface area contributed by atoms with E-state index in [2.05, 4.69) is 25.9 Å². The Labute approximate surface area is 140 Å². The Morgan fingerprint density at radius 1 is 1.05 bits per heavy atom. The number of thiazole rings is 1. The molecule has 0 amide bonds. The van der Waals surface area contributed by atoms with Crippen LogP contribution in [0.25, 0.3) is 10.4 Å². The van der Waals surface area contributed by atoms with Gasteiger partial charge in [-0.3, -0.25) is 0 Å². The van der Waals surface area contributed by atoms with Crippen molar-refractivity contribution in [3.05, 3.63) is 69.8 Å². The highest BCUT2D eigenvalue weighted by Gasteiger charge is 2.03. The molecule has 0 atom stereocenters. The molecule has 5 heteroatoms. The van der Waals surface area contributed by atoms with Crippen LogP contribution >= 0.6 is 38.9 Å². The molecule has 0 aliphatic rings. The van der Waals surface area contributed by atoms with Crippen LogP contribution in [0.15, 0.2) is 64.2 Å². The first-order valence-corrected chi connectivity index (χ1v) is 8.21. The van der Waals surface area contributed by atoms with Gasteiger partial charge in [0.15, 0.2) is 0 Å². The van der Waals surface area contributed by atoms with Crippen molar-refractivity contribution in [3.8, 4) is 10.4 Å². The zero-order valence-corrected chi connectivity index (χ0v) is 14.0. The number of benzene rings is 2. The highest BCUT2D eigenvalue weighted by molar-refractivity contribution is 9.10. The summed E-state index contributed by atoms with van der Waals surface area (Å²) in [6, 6.07) is 15.7. The standard InChI is InChI=1S/C16H10BrClN2S/c17-13-5-1-11(2-6-13)9-19-16-20-10-15(21-16)12-3-7-14(18)8-4-12/h1-10H. The molecule has 21 heavy (non-hydrogen) atoms. The van der Waals surface area contributed by atoms with Crippen LogP contribution in [0.4, 0.5) is 5.13 Å². The summed E-state index contributed by atoms with van der Waals surface area (Å²) >= 11 is 10.9. The zero-order chi connectivity index (χ0) is 14.7. The number of halogens is 2. The second-order valence-corrected chi connectivity index (χ2v) is 6.68. The Morgan fingerprint density at radius 2 is 1.76 bits per heavy atom. The molecule has 1 heterocycles. The average Bonchev–Trinajstić information content (AvgIpc) is 2.96. The van der Waals surface area contributed by atoms with E-state index in [0.717, 1.165) is 30.6 Å². The fourth-order valence-electron chi connectivity index (χ4n) is 1.75. The molecule has 0 spiro atoms. The summed E-state index contributed by atoms with van der Waals surface area (Å²) in [6.07, 6.45) is 3.65. The Hall–Kier alpha value is -1.49. The van der Waals surface area contributed by atoms with Gasteiger partial charge in [-0.2, -0.15) is 0 Å². The molecule has 1 aromatic heterocycles. The van der Waals surface area contributed by atoms with Crippen LogP contribution in [-0.4, -0.2) is 11.2 Å². The van der Waals surface area contributed by atoms with Gasteiger partial charge < -0.3 is 0 Å². The van der Waals surface area contributed by atoms with Crippen molar-refractivity contribution < 1.29 is 0 Å². The molecular weight excluding hydrogens is 368 g/mol. The van der Waals surface area contributed by atoms with Crippen LogP contribution in [0.1, 0.15) is 5.56 Å². The molecule has 0 aliphatic heterocycles. The largest absolute Gasteiger partial charge is 0.227 e. The summed E-state index contributed by atoms with van der Waals surface area (Å²) in [4.78, 5) is 9.82. The van der Waals surface area contributed by atoms with Crippen LogP contribution in [-0.2, 0) is 0 Å². The van der Waals surface area contributed by atoms with Crippen molar-refractivity contribution in [1.29, 1.82) is 0 Å². The summed E-state index contributed by atoms with van der Waals surface area (Å²) in [5, 5.41) is 1.47. The van der Waals surface area contributed by atoms with E-state index >= 15 is 0 Å². The number of hydrogen-bond acceptors (Lipinski definition) is 3. The summed E-state index contributed by atoms with van der Waals surface area (Å²) in [5.41, 5.74) is 2.14. The monoisotopic (exact) mass is 376 g/mol. The lowest BCUT2D eigenvalue weighted by Crippen LogP contribution is -1.78. The van der Waals surface area contributed by atoms with Gasteiger partial charge in [0, 0.05) is 21.9 Å². The number of aromatic nitrogens is 1. The molecule has 0 saturated heterocycles. The third-order valence-electron chi connectivity index (χ3n) is 2.82. The van der Waals surface area contributed by atoms with E-state index < -0.39 is 0 Å². The van der Waals surface area contributed by atoms with E-state index in [0.29, 0.717) is 0 Å². The highest BCUT2D eigenvalue weighted by atomic mass is 79.9. The molecular formula is C16H10BrClN2S. The van der Waals surface area contributed by atoms with Crippen LogP contribution < -0.4 is 0 Å². The van der Waals surface area contributed by atoms with Crippen molar-refractivity contribution in [3.63, 3.8) is 0 Å². The highest BCUT2D eigenvalue weighted by Crippen LogP contribution is 2.31. The Bertz CT molecular complexity index is 764. The minimum atomic E-state index is 0.733. The van der Waals surface area contributed by atoms with Gasteiger partial charge in [-0.25, -0.2) is 9.98 Å². The summed E-state index contributed by atoms with van der Waals surface area (Å²) < 4.78 is 1.05. The summed E-state index contributed by atoms with van der Waals surface area (Å²) in [6.45, 7) is 0. The van der Waals surface area contributed by atoms with Crippen molar-refractivity contribution in [2.24, 2.45) is 4.99 Å². The smallest absolute Gasteiger partial charge is 0.209 e. The molecule has 0 bridgehead atoms. The predicted molar refractivity (Wildman–Crippen MR) is 94.0 cm³/mol. The number of aliphatic imine (C=N–C) groups is 1. The van der Waals surface area contributed by atoms with E-state index in [1.54, 1.807) is 11.3 Å². The van der Waals surface area contributed by atoms with Crippen molar-refractivity contribution in [2.45, 2.75) is 0 Å². The lowest BCUT2D eigenvalue weighted by molar-refractivity contribution is 1.36. The maximum absolute atomic E-state index is 5.89. The number of rotatable bonds is 3. The molecule has 0 fully saturated rings. The normalized spacial score (nSPS) is 11.1. The van der Waals surface area contributed by atoms with Gasteiger partial charge in [0.2, 0.25) is 5.13 Å². The summed E-state index contributed by atoms with van der Waals surface area (Å²) in [7, 11) is 0. The van der Waals surface area contributed by atoms with E-state index in [9.17, 15) is 0 Å². The van der Waals surface area contributed by atoms with E-state index in [1.165, 1.54) is 0 Å². The van der Waals surface area contributed by atoms with Gasteiger partial charge in [-0.15, -0.1) is 0 Å². The van der Waals surface area contributed by atoms with E-state index in [-0.39, 0.29) is 0 Å². The quantitative estimate of drug-likeness (QED) is 0.516. The fourth-order valence-corrected chi connectivity index (χ4v) is 2.91. The van der Waals surface area contributed by atoms with Gasteiger partial charge in [0.1, 0.15) is 0 Å². The minimum absolute atomic E-state index is 0.733. The zero-order valence-electron chi connectivity index (χ0n) is 10.8. The SMILES string of the molecule is Clc1ccc(-c2cnc(N=Cc3ccc(Br)cc3)s2)cc1. The first-order chi connectivity index (χ1) is 10.2. The van der Waals surface area contributed by atoms with Crippen LogP contribution in [0, 0.1) is 0 Å². The third-order valence-corrected chi connectivity index (χ3v) is 4.55. The average molecular weight is 378 g/mol. The molecule has 2 nitrogen and oxygen atoms in total. The van der Waals surface area contributed by atoms with Gasteiger partial charge in [0.25, 0.3) is 0 Å². The Morgan fingerprint density at radius 3 is 2.48 bits per heavy atom. The van der Waals surface area contributed by atoms with Crippen LogP contribution in [0.2, 0.25) is 5.02 Å². The molecule has 2 aromatic carbocycles. The van der Waals surface area contributed by atoms with Gasteiger partial charge in [-0.1, -0.05) is 63.1 Å². The second kappa shape index (κ2) is 6.52. The number of hydrogen-bond donors (Lipinski definition) is 0. The van der Waals surface area contributed by atoms with E-state index in [1.807, 2.05) is 60.9 Å². The maximum Gasteiger partial charge on any atom is 0.209 e. The number of nitrogens with zero attached hydrogens (tertiary/aromatic N) is 2. The first-order valence-electron chi connectivity index (χ1n) is 6.22. The van der Waals surface area contributed by atoms with Crippen LogP contribution in [0.3, 0.4) is 0 Å². The van der Waals surface area contributed by atoms with Gasteiger partial charge >= 0.3 is 0 Å². The molecule has 3 rings (SSSR count). The maximum atomic E-state index is 5.89. The molecule has 0 saturated carbocycles. The fraction of sp³-hybridized carbons (Fsp3) is 0. The van der Waals surface area contributed by atoms with E-state index in [4.69, 9.17) is 11.6 Å². The van der Waals surface area contributed by atoms with Crippen molar-refractivity contribution >= 4 is 50.2 Å². The van der Waals surface area contributed by atoms with Crippen molar-refractivity contribution in [1.82, 2.24) is 4.98 Å². The second-order valence-electron chi connectivity index (χ2n) is 4.32. The lowest BCUT2D eigenvalue weighted by Gasteiger charge is -1.95. The topological polar surface area (TPSA) is 25.2 Å². The van der Waals surface area contributed by atoms with Crippen molar-refractivity contribution in [2.75, 3.05) is 0 Å². The minimum Gasteiger partial charge on any atom is -0.227 e. The molecule has 104 valence electrons. The first kappa shape index (κ1) is 14.4. The van der Waals surface area contributed by atoms with Gasteiger partial charge in [0.05, 0.1) is 4.88 Å².